The van der Waals surface area contributed by atoms with E-state index >= 15 is 0 Å². The fourth-order valence-electron chi connectivity index (χ4n) is 0. The summed E-state index contributed by atoms with van der Waals surface area (Å²) in [5.74, 6) is 0. The van der Waals surface area contributed by atoms with Crippen molar-refractivity contribution in [2.75, 3.05) is 0 Å². The zero-order valence-corrected chi connectivity index (χ0v) is 3.41. The van der Waals surface area contributed by atoms with Gasteiger partial charge in [0, 0.05) is 0 Å². The maximum atomic E-state index is 2.18. The topological polar surface area (TPSA) is 0 Å². The Bertz CT molecular complexity index is 5.61. The van der Waals surface area contributed by atoms with Crippen molar-refractivity contribution in [1.29, 1.82) is 0 Å². The van der Waals surface area contributed by atoms with Crippen LogP contribution >= 0.6 is 0 Å². The lowest BCUT2D eigenvalue weighted by Gasteiger charge is -1.68. The summed E-state index contributed by atoms with van der Waals surface area (Å²) in [6.07, 6.45) is 2.64. The Morgan fingerprint density at radius 3 is 1.20 bits per heavy atom. The van der Waals surface area contributed by atoms with Gasteiger partial charge in [-0.05, 0) is 0 Å². The summed E-state index contributed by atoms with van der Waals surface area (Å²) in [5.41, 5.74) is 0. The monoisotopic (exact) mass is 88.1 g/mol. The molecule has 0 saturated carbocycles. The van der Waals surface area contributed by atoms with Gasteiger partial charge >= 0.3 is 0 Å². The zero-order chi connectivity index (χ0) is 3.41. The molecule has 0 unspecified atom stereocenters. The molecule has 0 aromatic carbocycles. The molecule has 5 heavy (non-hydrogen) atoms. The van der Waals surface area contributed by atoms with Crippen molar-refractivity contribution in [2.24, 2.45) is 0 Å². The van der Waals surface area contributed by atoms with Crippen LogP contribution in [0.4, 0.5) is 0 Å². The van der Waals surface area contributed by atoms with Crippen molar-refractivity contribution in [3.63, 3.8) is 0 Å². The van der Waals surface area contributed by atoms with Crippen LogP contribution in [0.1, 0.15) is 26.7 Å². The van der Waals surface area contributed by atoms with Crippen LogP contribution in [0.25, 0.3) is 0 Å². The van der Waals surface area contributed by atoms with E-state index in [2.05, 4.69) is 13.8 Å². The zero-order valence-electron chi connectivity index (χ0n) is 3.41. The van der Waals surface area contributed by atoms with E-state index < -0.39 is 0 Å². The Morgan fingerprint density at radius 1 is 1.00 bits per heavy atom. The van der Waals surface area contributed by atoms with Gasteiger partial charge in [-0.15, -0.1) is 0 Å². The summed E-state index contributed by atoms with van der Waals surface area (Å²) in [4.78, 5) is 0. The van der Waals surface area contributed by atoms with E-state index in [1.54, 1.807) is 0 Å². The number of hydrogen-bond acceptors (Lipinski definition) is 0. The SMILES string of the molecule is CCCC.[AlH3]. The van der Waals surface area contributed by atoms with Gasteiger partial charge in [0.2, 0.25) is 0 Å². The molecule has 0 aromatic rings. The van der Waals surface area contributed by atoms with Gasteiger partial charge in [-0.1, -0.05) is 26.7 Å². The molecule has 0 amide bonds. The maximum absolute atomic E-state index is 2.18. The van der Waals surface area contributed by atoms with Crippen molar-refractivity contribution in [3.05, 3.63) is 0 Å². The van der Waals surface area contributed by atoms with Crippen molar-refractivity contribution in [1.82, 2.24) is 0 Å². The molecular weight excluding hydrogens is 75.0 g/mol. The maximum Gasteiger partial charge on any atom is 0.187 e. The predicted molar refractivity (Wildman–Crippen MR) is 30.5 cm³/mol. The van der Waals surface area contributed by atoms with Gasteiger partial charge in [0.15, 0.2) is 17.4 Å². The minimum absolute atomic E-state index is 0. The quantitative estimate of drug-likeness (QED) is 0.412. The molecule has 32 valence electrons. The van der Waals surface area contributed by atoms with E-state index in [0.717, 1.165) is 0 Å². The lowest BCUT2D eigenvalue weighted by Crippen LogP contribution is -1.47. The Labute approximate surface area is 44.7 Å². The Kier molecular flexibility index (Phi) is 16.1. The summed E-state index contributed by atoms with van der Waals surface area (Å²) in [7, 11) is 0. The highest BCUT2D eigenvalue weighted by atomic mass is 27.0. The highest BCUT2D eigenvalue weighted by Crippen LogP contribution is 1.76. The molecule has 0 heterocycles. The van der Waals surface area contributed by atoms with Crippen LogP contribution in [-0.2, 0) is 0 Å². The number of hydrogen-bond donors (Lipinski definition) is 0. The number of rotatable bonds is 1. The molecule has 0 N–H and O–H groups in total. The van der Waals surface area contributed by atoms with Crippen molar-refractivity contribution in [3.8, 4) is 0 Å². The molecule has 0 aliphatic carbocycles. The molecule has 0 nitrogen and oxygen atoms in total. The van der Waals surface area contributed by atoms with Crippen LogP contribution in [-0.4, -0.2) is 17.4 Å². The van der Waals surface area contributed by atoms with Gasteiger partial charge in [0.05, 0.1) is 0 Å². The molecule has 0 rings (SSSR count). The van der Waals surface area contributed by atoms with Gasteiger partial charge in [-0.2, -0.15) is 0 Å². The van der Waals surface area contributed by atoms with Gasteiger partial charge in [0.1, 0.15) is 0 Å². The third-order valence-corrected chi connectivity index (χ3v) is 0.500. The molecule has 0 bridgehead atoms. The third-order valence-electron chi connectivity index (χ3n) is 0.500. The Hall–Kier alpha value is 0.532. The molecule has 0 atom stereocenters. The molecule has 0 saturated heterocycles. The summed E-state index contributed by atoms with van der Waals surface area (Å²) in [6.45, 7) is 4.36. The largest absolute Gasteiger partial charge is 0.187 e. The molecule has 1 heteroatoms. The third kappa shape index (κ3) is 12.4. The fraction of sp³-hybridized carbons (Fsp3) is 1.00. The fourth-order valence-corrected chi connectivity index (χ4v) is 0. The van der Waals surface area contributed by atoms with E-state index in [1.165, 1.54) is 12.8 Å². The second-order valence-electron chi connectivity index (χ2n) is 1.000. The summed E-state index contributed by atoms with van der Waals surface area (Å²) in [5, 5.41) is 0. The van der Waals surface area contributed by atoms with Crippen LogP contribution < -0.4 is 0 Å². The van der Waals surface area contributed by atoms with Crippen molar-refractivity contribution < 1.29 is 0 Å². The Balaban J connectivity index is 0. The van der Waals surface area contributed by atoms with Gasteiger partial charge < -0.3 is 0 Å². The van der Waals surface area contributed by atoms with Crippen molar-refractivity contribution >= 4 is 17.4 Å². The molecule has 0 aliphatic rings. The van der Waals surface area contributed by atoms with E-state index in [1.807, 2.05) is 0 Å². The van der Waals surface area contributed by atoms with Crippen molar-refractivity contribution in [2.45, 2.75) is 26.7 Å². The minimum atomic E-state index is 0. The summed E-state index contributed by atoms with van der Waals surface area (Å²) in [6, 6.07) is 0. The molecule has 0 aliphatic heterocycles. The molecule has 0 fully saturated rings. The molecule has 0 aromatic heterocycles. The molecule has 0 radical (unpaired) electrons. The summed E-state index contributed by atoms with van der Waals surface area (Å²) < 4.78 is 0. The second kappa shape index (κ2) is 8.82. The first-order valence-electron chi connectivity index (χ1n) is 1.91. The Morgan fingerprint density at radius 2 is 1.20 bits per heavy atom. The van der Waals surface area contributed by atoms with Crippen LogP contribution in [0.5, 0.6) is 0 Å². The highest BCUT2D eigenvalue weighted by Gasteiger charge is 1.56. The first kappa shape index (κ1) is 9.11. The first-order chi connectivity index (χ1) is 1.91. The van der Waals surface area contributed by atoms with Crippen LogP contribution in [0.15, 0.2) is 0 Å². The first-order valence-corrected chi connectivity index (χ1v) is 1.91. The van der Waals surface area contributed by atoms with E-state index in [4.69, 9.17) is 0 Å². The van der Waals surface area contributed by atoms with E-state index in [-0.39, 0.29) is 17.4 Å². The van der Waals surface area contributed by atoms with Gasteiger partial charge in [-0.3, -0.25) is 0 Å². The van der Waals surface area contributed by atoms with Crippen LogP contribution in [0, 0.1) is 0 Å². The normalized spacial score (nSPS) is 6.00. The van der Waals surface area contributed by atoms with Crippen LogP contribution in [0.2, 0.25) is 0 Å². The summed E-state index contributed by atoms with van der Waals surface area (Å²) >= 11 is 0. The predicted octanol–water partition coefficient (Wildman–Crippen LogP) is 0.622. The van der Waals surface area contributed by atoms with Crippen LogP contribution in [0.3, 0.4) is 0 Å². The molecule has 0 spiro atoms. The lowest BCUT2D eigenvalue weighted by atomic mass is 10.4. The smallest absolute Gasteiger partial charge is 0.0654 e. The van der Waals surface area contributed by atoms with E-state index in [9.17, 15) is 0 Å². The lowest BCUT2D eigenvalue weighted by molar-refractivity contribution is 0.886. The molecular formula is C4H13Al. The standard InChI is InChI=1S/C4H10.Al.3H/c1-3-4-2;;;;/h3-4H2,1-2H3;;;;. The highest BCUT2D eigenvalue weighted by molar-refractivity contribution is 5.75. The van der Waals surface area contributed by atoms with Gasteiger partial charge in [-0.25, -0.2) is 0 Å². The van der Waals surface area contributed by atoms with E-state index in [0.29, 0.717) is 0 Å². The average Bonchev–Trinajstić information content (AvgIpc) is 1.37. The minimum Gasteiger partial charge on any atom is -0.0654 e. The number of unbranched alkanes of at least 4 members (excludes halogenated alkanes) is 1. The second-order valence-corrected chi connectivity index (χ2v) is 1.000. The van der Waals surface area contributed by atoms with Gasteiger partial charge in [0.25, 0.3) is 0 Å². The average molecular weight is 88.1 g/mol.